The smallest absolute Gasteiger partial charge is 0.0588 e. The maximum absolute atomic E-state index is 2.72. The number of nitrogens with zero attached hydrogens (tertiary/aromatic N) is 2. The molecule has 0 fully saturated rings. The molecule has 5 aromatic carbocycles. The minimum Gasteiger partial charge on any atom is -0.338 e. The van der Waals surface area contributed by atoms with Gasteiger partial charge in [0.25, 0.3) is 0 Å². The summed E-state index contributed by atoms with van der Waals surface area (Å²) in [5.74, 6) is 0.442. The van der Waals surface area contributed by atoms with Crippen LogP contribution in [0.4, 0.5) is 5.69 Å². The monoisotopic (exact) mass is 832 g/mol. The van der Waals surface area contributed by atoms with Crippen molar-refractivity contribution in [3.8, 4) is 11.1 Å². The molecule has 0 radical (unpaired) electrons. The first-order chi connectivity index (χ1) is 30.8. The largest absolute Gasteiger partial charge is 0.338 e. The first-order valence-electron chi connectivity index (χ1n) is 23.2. The molecule has 2 nitrogen and oxygen atoms in total. The predicted octanol–water partition coefficient (Wildman–Crippen LogP) is 15.5. The van der Waals surface area contributed by atoms with Gasteiger partial charge in [0.15, 0.2) is 0 Å². The molecule has 2 heterocycles. The molecule has 0 amide bonds. The Kier molecular flexibility index (Phi) is 8.18. The summed E-state index contributed by atoms with van der Waals surface area (Å²) < 4.78 is 2.60. The molecule has 3 atom stereocenters. The molecule has 3 unspecified atom stereocenters. The van der Waals surface area contributed by atoms with Gasteiger partial charge in [-0.3, -0.25) is 0 Å². The molecule has 6 aliphatic carbocycles. The summed E-state index contributed by atoms with van der Waals surface area (Å²) in [7, 11) is 0. The highest BCUT2D eigenvalue weighted by molar-refractivity contribution is 8.00. The normalized spacial score (nSPS) is 23.1. The highest BCUT2D eigenvalue weighted by atomic mass is 32.2. The van der Waals surface area contributed by atoms with E-state index in [-0.39, 0.29) is 16.9 Å². The number of fused-ring (bicyclic) bond motifs is 13. The van der Waals surface area contributed by atoms with Crippen LogP contribution in [-0.2, 0) is 10.8 Å². The minimum atomic E-state index is -0.129. The molecule has 0 N–H and O–H groups in total. The number of hydrogen-bond donors (Lipinski definition) is 0. The van der Waals surface area contributed by atoms with Crippen molar-refractivity contribution in [3.05, 3.63) is 214 Å². The third-order valence-corrected chi connectivity index (χ3v) is 17.0. The Labute approximate surface area is 376 Å². The predicted molar refractivity (Wildman–Crippen MR) is 268 cm³/mol. The molecular formula is C60H52N2S. The molecule has 308 valence electrons. The minimum absolute atomic E-state index is 0.0573. The fraction of sp³-hybridized carbons (Fsp3) is 0.233. The number of allylic oxidation sites excluding steroid dienone is 13. The fourth-order valence-corrected chi connectivity index (χ4v) is 14.1. The third-order valence-electron chi connectivity index (χ3n) is 15.6. The van der Waals surface area contributed by atoms with Crippen LogP contribution in [0, 0.1) is 0 Å². The maximum atomic E-state index is 2.72. The SMILES string of the molecule is CC1(C)C2=CC(N(C3=CC=C(C4=CC=CC5c6ccccc6SC45)CC3)c3ccc4c(c3)c3ccc5c(c3n4C3=CCCC=C3)C(C)(C)c3ccccc3-5)CC=C2c2ccccc21. The molecule has 3 heteroatoms. The van der Waals surface area contributed by atoms with Crippen molar-refractivity contribution >= 4 is 50.5 Å². The van der Waals surface area contributed by atoms with Crippen LogP contribution in [0.1, 0.15) is 93.5 Å². The highest BCUT2D eigenvalue weighted by Gasteiger charge is 2.42. The van der Waals surface area contributed by atoms with E-state index in [2.05, 4.69) is 213 Å². The number of aromatic nitrogens is 1. The Hall–Kier alpha value is -6.03. The van der Waals surface area contributed by atoms with Crippen molar-refractivity contribution in [1.82, 2.24) is 4.57 Å². The number of thioether (sulfide) groups is 1. The summed E-state index contributed by atoms with van der Waals surface area (Å²) in [5.41, 5.74) is 22.2. The average molecular weight is 833 g/mol. The first-order valence-corrected chi connectivity index (χ1v) is 24.1. The van der Waals surface area contributed by atoms with Crippen LogP contribution in [0.3, 0.4) is 0 Å². The van der Waals surface area contributed by atoms with Gasteiger partial charge in [-0.1, -0.05) is 155 Å². The van der Waals surface area contributed by atoms with E-state index >= 15 is 0 Å². The maximum Gasteiger partial charge on any atom is 0.0588 e. The average Bonchev–Trinajstić information content (AvgIpc) is 4.00. The molecule has 0 saturated carbocycles. The standard InChI is InChI=1S/C60H52N2S/c1-59(2)51-22-11-8-17-43(51)45-31-29-41(36-53(45)59)61(39-27-25-37(26-28-39)42-20-14-21-49-46-19-10-13-24-55(46)63-58(42)49)40-30-34-54-50(35-40)48-33-32-47-44-18-9-12-23-52(44)60(3,4)56(47)57(48)62(54)38-15-6-5-7-16-38/h6,8-25,27,30-36,41,49,58H,5,7,26,28-29H2,1-4H3. The second-order valence-electron chi connectivity index (χ2n) is 19.7. The number of rotatable bonds is 5. The van der Waals surface area contributed by atoms with E-state index in [0.29, 0.717) is 11.2 Å². The second-order valence-corrected chi connectivity index (χ2v) is 20.9. The van der Waals surface area contributed by atoms with Crippen molar-refractivity contribution in [2.24, 2.45) is 0 Å². The molecule has 0 spiro atoms. The highest BCUT2D eigenvalue weighted by Crippen LogP contribution is 2.56. The molecule has 13 rings (SSSR count). The molecule has 7 aliphatic rings. The van der Waals surface area contributed by atoms with Gasteiger partial charge in [-0.15, -0.1) is 11.8 Å². The lowest BCUT2D eigenvalue weighted by Gasteiger charge is -2.38. The summed E-state index contributed by atoms with van der Waals surface area (Å²) in [6.07, 6.45) is 29.6. The van der Waals surface area contributed by atoms with E-state index in [9.17, 15) is 0 Å². The number of anilines is 1. The summed E-state index contributed by atoms with van der Waals surface area (Å²) in [4.78, 5) is 4.16. The van der Waals surface area contributed by atoms with Gasteiger partial charge < -0.3 is 9.47 Å². The van der Waals surface area contributed by atoms with Crippen LogP contribution in [0.2, 0.25) is 0 Å². The molecule has 1 aromatic heterocycles. The van der Waals surface area contributed by atoms with Gasteiger partial charge in [0.1, 0.15) is 0 Å². The lowest BCUT2D eigenvalue weighted by molar-refractivity contribution is 0.637. The van der Waals surface area contributed by atoms with Crippen molar-refractivity contribution < 1.29 is 0 Å². The zero-order valence-electron chi connectivity index (χ0n) is 36.7. The van der Waals surface area contributed by atoms with E-state index in [0.717, 1.165) is 32.1 Å². The van der Waals surface area contributed by atoms with E-state index in [1.807, 2.05) is 0 Å². The summed E-state index contributed by atoms with van der Waals surface area (Å²) >= 11 is 2.05. The van der Waals surface area contributed by atoms with Crippen LogP contribution >= 0.6 is 11.8 Å². The van der Waals surface area contributed by atoms with Crippen LogP contribution in [0.15, 0.2) is 191 Å². The van der Waals surface area contributed by atoms with Gasteiger partial charge in [0.05, 0.1) is 17.1 Å². The summed E-state index contributed by atoms with van der Waals surface area (Å²) in [6.45, 7) is 9.71. The van der Waals surface area contributed by atoms with Gasteiger partial charge in [0.2, 0.25) is 0 Å². The number of benzene rings is 5. The van der Waals surface area contributed by atoms with Crippen LogP contribution in [0.25, 0.3) is 44.2 Å². The van der Waals surface area contributed by atoms with Gasteiger partial charge in [-0.25, -0.2) is 0 Å². The molecule has 0 saturated heterocycles. The molecule has 1 aliphatic heterocycles. The second kappa shape index (κ2) is 13.7. The van der Waals surface area contributed by atoms with Crippen molar-refractivity contribution in [2.45, 2.75) is 92.7 Å². The zero-order chi connectivity index (χ0) is 42.2. The van der Waals surface area contributed by atoms with Gasteiger partial charge in [-0.2, -0.15) is 0 Å². The molecule has 0 bridgehead atoms. The fourth-order valence-electron chi connectivity index (χ4n) is 12.6. The van der Waals surface area contributed by atoms with Crippen LogP contribution < -0.4 is 4.90 Å². The Morgan fingerprint density at radius 3 is 2.35 bits per heavy atom. The van der Waals surface area contributed by atoms with E-state index < -0.39 is 0 Å². The van der Waals surface area contributed by atoms with E-state index in [1.165, 1.54) is 105 Å². The molecular weight excluding hydrogens is 781 g/mol. The topological polar surface area (TPSA) is 8.17 Å². The van der Waals surface area contributed by atoms with E-state index in [4.69, 9.17) is 0 Å². The Morgan fingerprint density at radius 1 is 0.714 bits per heavy atom. The summed E-state index contributed by atoms with van der Waals surface area (Å²) in [5, 5.41) is 3.10. The zero-order valence-corrected chi connectivity index (χ0v) is 37.5. The van der Waals surface area contributed by atoms with Crippen LogP contribution in [-0.4, -0.2) is 15.9 Å². The third kappa shape index (κ3) is 5.39. The van der Waals surface area contributed by atoms with E-state index in [1.54, 1.807) is 0 Å². The summed E-state index contributed by atoms with van der Waals surface area (Å²) in [6, 6.07) is 39.6. The van der Waals surface area contributed by atoms with Crippen LogP contribution in [0.5, 0.6) is 0 Å². The lowest BCUT2D eigenvalue weighted by atomic mass is 9.79. The quantitative estimate of drug-likeness (QED) is 0.171. The Morgan fingerprint density at radius 2 is 1.52 bits per heavy atom. The molecule has 63 heavy (non-hydrogen) atoms. The Bertz CT molecular complexity index is 3250. The molecule has 6 aromatic rings. The number of hydrogen-bond acceptors (Lipinski definition) is 2. The first kappa shape index (κ1) is 37.5. The van der Waals surface area contributed by atoms with Gasteiger partial charge >= 0.3 is 0 Å². The lowest BCUT2D eigenvalue weighted by Crippen LogP contribution is -2.36. The van der Waals surface area contributed by atoms with Gasteiger partial charge in [-0.05, 0) is 130 Å². The van der Waals surface area contributed by atoms with Crippen molar-refractivity contribution in [3.63, 3.8) is 0 Å². The Balaban J connectivity index is 0.976. The van der Waals surface area contributed by atoms with Crippen molar-refractivity contribution in [2.75, 3.05) is 4.90 Å². The van der Waals surface area contributed by atoms with Gasteiger partial charge in [0, 0.05) is 54.7 Å². The van der Waals surface area contributed by atoms with Crippen molar-refractivity contribution in [1.29, 1.82) is 0 Å².